The Morgan fingerprint density at radius 3 is 1.63 bits per heavy atom. The number of benzene rings is 1. The van der Waals surface area contributed by atoms with Crippen LogP contribution in [-0.2, 0) is 4.79 Å². The molecule has 0 aromatic heterocycles. The Kier molecular flexibility index (Phi) is 5.34. The smallest absolute Gasteiger partial charge is 0.123 e. The molecule has 1 nitrogen and oxygen atoms in total. The van der Waals surface area contributed by atoms with E-state index in [-0.39, 0.29) is 0 Å². The lowest BCUT2D eigenvalue weighted by molar-refractivity contribution is 0.569. The highest BCUT2D eigenvalue weighted by atomic mass is 28.3. The fourth-order valence-electron chi connectivity index (χ4n) is 3.87. The summed E-state index contributed by atoms with van der Waals surface area (Å²) in [7, 11) is -1.90. The number of hydrogen-bond acceptors (Lipinski definition) is 1. The second-order valence-corrected chi connectivity index (χ2v) is 12.1. The van der Waals surface area contributed by atoms with Crippen molar-refractivity contribution in [3.63, 3.8) is 0 Å². The van der Waals surface area contributed by atoms with Gasteiger partial charge >= 0.3 is 0 Å². The molecule has 1 aromatic carbocycles. The van der Waals surface area contributed by atoms with E-state index in [1.54, 1.807) is 0 Å². The van der Waals surface area contributed by atoms with E-state index in [0.29, 0.717) is 16.6 Å². The van der Waals surface area contributed by atoms with Crippen LogP contribution in [0.4, 0.5) is 0 Å². The molecule has 0 unspecified atom stereocenters. The topological polar surface area (TPSA) is 17.1 Å². The van der Waals surface area contributed by atoms with E-state index < -0.39 is 8.07 Å². The van der Waals surface area contributed by atoms with E-state index in [2.05, 4.69) is 59.6 Å². The molecule has 0 aliphatic rings. The largest absolute Gasteiger partial charge is 0.234 e. The standard InChI is InChI=1S/C17H26OSi/c1-13(2)19(14(3)4,15(5)6)17(12-18)16-10-8-7-9-11-16/h7-11,13-15H,1-6H3. The highest BCUT2D eigenvalue weighted by molar-refractivity contribution is 7.01. The van der Waals surface area contributed by atoms with Crippen LogP contribution in [0.1, 0.15) is 47.1 Å². The monoisotopic (exact) mass is 274 g/mol. The first-order chi connectivity index (χ1) is 8.88. The maximum Gasteiger partial charge on any atom is 0.123 e. The van der Waals surface area contributed by atoms with Crippen LogP contribution in [0.15, 0.2) is 30.3 Å². The molecular weight excluding hydrogens is 248 g/mol. The molecule has 104 valence electrons. The summed E-state index contributed by atoms with van der Waals surface area (Å²) in [4.78, 5) is 11.7. The summed E-state index contributed by atoms with van der Waals surface area (Å²) < 4.78 is 0. The van der Waals surface area contributed by atoms with Crippen molar-refractivity contribution in [1.29, 1.82) is 0 Å². The summed E-state index contributed by atoms with van der Waals surface area (Å²) >= 11 is 0. The van der Waals surface area contributed by atoms with Gasteiger partial charge < -0.3 is 0 Å². The third-order valence-electron chi connectivity index (χ3n) is 4.46. The molecule has 0 aliphatic carbocycles. The summed E-state index contributed by atoms with van der Waals surface area (Å²) in [6, 6.07) is 10.1. The first-order valence-electron chi connectivity index (χ1n) is 7.19. The molecule has 1 rings (SSSR count). The van der Waals surface area contributed by atoms with Crippen LogP contribution >= 0.6 is 0 Å². The second kappa shape index (κ2) is 6.36. The van der Waals surface area contributed by atoms with Gasteiger partial charge in [-0.1, -0.05) is 71.9 Å². The second-order valence-electron chi connectivity index (χ2n) is 6.24. The van der Waals surface area contributed by atoms with Crippen molar-refractivity contribution in [1.82, 2.24) is 0 Å². The van der Waals surface area contributed by atoms with Crippen LogP contribution in [0.5, 0.6) is 0 Å². The lowest BCUT2D eigenvalue weighted by atomic mass is 10.2. The molecule has 0 heterocycles. The molecule has 0 bridgehead atoms. The molecule has 0 atom stereocenters. The summed E-state index contributed by atoms with van der Waals surface area (Å²) in [6.07, 6.45) is 0. The van der Waals surface area contributed by atoms with Gasteiger partial charge in [0.2, 0.25) is 0 Å². The molecule has 2 heteroatoms. The van der Waals surface area contributed by atoms with Gasteiger partial charge in [0, 0.05) is 5.20 Å². The van der Waals surface area contributed by atoms with Crippen molar-refractivity contribution in [2.45, 2.75) is 58.2 Å². The van der Waals surface area contributed by atoms with E-state index in [4.69, 9.17) is 0 Å². The summed E-state index contributed by atoms with van der Waals surface area (Å²) in [6.45, 7) is 13.6. The van der Waals surface area contributed by atoms with E-state index in [1.165, 1.54) is 0 Å². The average molecular weight is 274 g/mol. The molecule has 0 saturated heterocycles. The van der Waals surface area contributed by atoms with Gasteiger partial charge in [-0.2, -0.15) is 0 Å². The Bertz CT molecular complexity index is 432. The minimum absolute atomic E-state index is 0.532. The third kappa shape index (κ3) is 2.75. The Morgan fingerprint density at radius 1 is 0.895 bits per heavy atom. The number of rotatable bonds is 5. The molecule has 0 fully saturated rings. The highest BCUT2D eigenvalue weighted by Gasteiger charge is 2.47. The van der Waals surface area contributed by atoms with Crippen LogP contribution in [-0.4, -0.2) is 14.0 Å². The average Bonchev–Trinajstić information content (AvgIpc) is 2.35. The van der Waals surface area contributed by atoms with Gasteiger partial charge in [-0.3, -0.25) is 0 Å². The van der Waals surface area contributed by atoms with Gasteiger partial charge in [0.1, 0.15) is 14.0 Å². The molecule has 0 radical (unpaired) electrons. The Balaban J connectivity index is 3.52. The van der Waals surface area contributed by atoms with Crippen LogP contribution in [0.3, 0.4) is 0 Å². The van der Waals surface area contributed by atoms with E-state index in [1.807, 2.05) is 18.2 Å². The maximum absolute atomic E-state index is 11.7. The van der Waals surface area contributed by atoms with Crippen molar-refractivity contribution in [2.24, 2.45) is 0 Å². The van der Waals surface area contributed by atoms with Gasteiger partial charge in [0.15, 0.2) is 0 Å². The summed E-state index contributed by atoms with van der Waals surface area (Å²) in [5.74, 6) is 2.33. The van der Waals surface area contributed by atoms with Gasteiger partial charge in [0.05, 0.1) is 0 Å². The molecule has 0 amide bonds. The van der Waals surface area contributed by atoms with Crippen molar-refractivity contribution in [3.05, 3.63) is 35.9 Å². The van der Waals surface area contributed by atoms with E-state index >= 15 is 0 Å². The predicted molar refractivity (Wildman–Crippen MR) is 86.6 cm³/mol. The normalized spacial score (nSPS) is 12.1. The molecule has 0 saturated carbocycles. The minimum atomic E-state index is -1.90. The van der Waals surface area contributed by atoms with Crippen molar-refractivity contribution in [2.75, 3.05) is 0 Å². The molecular formula is C17H26OSi. The van der Waals surface area contributed by atoms with Crippen LogP contribution in [0.25, 0.3) is 5.20 Å². The molecule has 0 N–H and O–H groups in total. The Labute approximate surface area is 118 Å². The highest BCUT2D eigenvalue weighted by Crippen LogP contribution is 2.48. The zero-order valence-corrected chi connectivity index (χ0v) is 14.0. The van der Waals surface area contributed by atoms with Crippen LogP contribution in [0, 0.1) is 0 Å². The minimum Gasteiger partial charge on any atom is -0.234 e. The van der Waals surface area contributed by atoms with Crippen molar-refractivity contribution >= 4 is 19.2 Å². The lowest BCUT2D eigenvalue weighted by Crippen LogP contribution is -2.46. The Morgan fingerprint density at radius 2 is 1.32 bits per heavy atom. The Hall–Kier alpha value is -1.11. The fourth-order valence-corrected chi connectivity index (χ4v) is 10.4. The van der Waals surface area contributed by atoms with Crippen molar-refractivity contribution in [3.8, 4) is 0 Å². The fraction of sp³-hybridized carbons (Fsp3) is 0.529. The van der Waals surface area contributed by atoms with Gasteiger partial charge in [-0.05, 0) is 22.2 Å². The quantitative estimate of drug-likeness (QED) is 0.538. The molecule has 0 aliphatic heterocycles. The predicted octanol–water partition coefficient (Wildman–Crippen LogP) is 5.12. The van der Waals surface area contributed by atoms with Crippen LogP contribution < -0.4 is 0 Å². The SMILES string of the molecule is CC(C)[Si](C(=C=O)c1ccccc1)(C(C)C)C(C)C. The molecule has 1 aromatic rings. The van der Waals surface area contributed by atoms with Gasteiger partial charge in [0.25, 0.3) is 0 Å². The van der Waals surface area contributed by atoms with Gasteiger partial charge in [-0.25, -0.2) is 4.79 Å². The summed E-state index contributed by atoms with van der Waals surface area (Å²) in [5, 5.41) is 0.966. The third-order valence-corrected chi connectivity index (χ3v) is 11.5. The number of carbonyl (C=O) groups excluding carboxylic acids is 1. The number of hydrogen-bond donors (Lipinski definition) is 0. The zero-order chi connectivity index (χ0) is 14.6. The first kappa shape index (κ1) is 15.9. The lowest BCUT2D eigenvalue weighted by Gasteiger charge is -2.43. The first-order valence-corrected chi connectivity index (χ1v) is 9.43. The van der Waals surface area contributed by atoms with E-state index in [9.17, 15) is 4.79 Å². The van der Waals surface area contributed by atoms with E-state index in [0.717, 1.165) is 10.8 Å². The molecule has 0 spiro atoms. The van der Waals surface area contributed by atoms with Crippen LogP contribution in [0.2, 0.25) is 16.6 Å². The zero-order valence-electron chi connectivity index (χ0n) is 13.0. The van der Waals surface area contributed by atoms with Crippen molar-refractivity contribution < 1.29 is 4.79 Å². The maximum atomic E-state index is 11.7. The van der Waals surface area contributed by atoms with Gasteiger partial charge in [-0.15, -0.1) is 0 Å². The molecule has 19 heavy (non-hydrogen) atoms. The summed E-state index contributed by atoms with van der Waals surface area (Å²) in [5.41, 5.74) is 2.66.